The zero-order valence-corrected chi connectivity index (χ0v) is 19.4. The van der Waals surface area contributed by atoms with Crippen molar-refractivity contribution in [2.45, 2.75) is 13.0 Å². The van der Waals surface area contributed by atoms with Crippen LogP contribution in [0.25, 0.3) is 16.2 Å². The average Bonchev–Trinajstić information content (AvgIpc) is 3.35. The van der Waals surface area contributed by atoms with Gasteiger partial charge in [0.25, 0.3) is 5.91 Å². The molecule has 0 aromatic carbocycles. The number of rotatable bonds is 6. The second-order valence-electron chi connectivity index (χ2n) is 7.91. The van der Waals surface area contributed by atoms with Gasteiger partial charge in [-0.3, -0.25) is 14.2 Å². The zero-order valence-electron chi connectivity index (χ0n) is 18.6. The minimum atomic E-state index is -1.33. The molecule has 0 saturated carbocycles. The van der Waals surface area contributed by atoms with Crippen LogP contribution in [0, 0.1) is 6.92 Å². The molecule has 1 aliphatic heterocycles. The Hall–Kier alpha value is -4.39. The Morgan fingerprint density at radius 3 is 2.74 bits per heavy atom. The molecule has 1 aliphatic rings. The Kier molecular flexibility index (Phi) is 5.61. The molecule has 13 heteroatoms. The number of aromatic nitrogens is 5. The van der Waals surface area contributed by atoms with Gasteiger partial charge in [0.2, 0.25) is 16.4 Å². The Bertz CT molecular complexity index is 1510. The summed E-state index contributed by atoms with van der Waals surface area (Å²) in [7, 11) is 1.49. The van der Waals surface area contributed by atoms with Crippen molar-refractivity contribution < 1.29 is 19.4 Å². The Morgan fingerprint density at radius 2 is 2.06 bits per heavy atom. The van der Waals surface area contributed by atoms with Gasteiger partial charge >= 0.3 is 5.97 Å². The summed E-state index contributed by atoms with van der Waals surface area (Å²) in [4.78, 5) is 52.0. The van der Waals surface area contributed by atoms with Crippen molar-refractivity contribution in [2.24, 2.45) is 0 Å². The van der Waals surface area contributed by atoms with Gasteiger partial charge in [-0.2, -0.15) is 4.37 Å². The molecule has 12 nitrogen and oxygen atoms in total. The molecular weight excluding hydrogens is 474 g/mol. The van der Waals surface area contributed by atoms with Crippen LogP contribution >= 0.6 is 11.5 Å². The number of carbonyl (C=O) groups is 2. The molecule has 0 bridgehead atoms. The van der Waals surface area contributed by atoms with E-state index < -0.39 is 11.4 Å². The van der Waals surface area contributed by atoms with Crippen molar-refractivity contribution in [3.05, 3.63) is 63.8 Å². The number of amides is 1. The highest BCUT2D eigenvalue weighted by Gasteiger charge is 2.31. The lowest BCUT2D eigenvalue weighted by molar-refractivity contribution is 0.0694. The van der Waals surface area contributed by atoms with E-state index in [2.05, 4.69) is 24.6 Å². The van der Waals surface area contributed by atoms with E-state index in [1.54, 1.807) is 31.2 Å². The lowest BCUT2D eigenvalue weighted by atomic mass is 10.1. The van der Waals surface area contributed by atoms with E-state index in [1.807, 2.05) is 4.90 Å². The molecule has 0 aliphatic carbocycles. The van der Waals surface area contributed by atoms with Crippen molar-refractivity contribution >= 4 is 40.3 Å². The molecular formula is C22H19N7O5S. The number of hydrogen-bond acceptors (Lipinski definition) is 10. The minimum Gasteiger partial charge on any atom is -0.481 e. The van der Waals surface area contributed by atoms with Crippen molar-refractivity contribution in [3.8, 4) is 11.0 Å². The lowest BCUT2D eigenvalue weighted by Crippen LogP contribution is -2.59. The number of carbonyl (C=O) groups excluding carboxylic acids is 1. The molecule has 4 aromatic rings. The van der Waals surface area contributed by atoms with E-state index in [1.165, 1.54) is 24.2 Å². The summed E-state index contributed by atoms with van der Waals surface area (Å²) in [5.41, 5.74) is 0.162. The number of aromatic carboxylic acids is 1. The number of nitrogens with zero attached hydrogens (tertiary/aromatic N) is 6. The second-order valence-corrected chi connectivity index (χ2v) is 8.67. The topological polar surface area (TPSA) is 152 Å². The molecule has 1 amide bonds. The van der Waals surface area contributed by atoms with Gasteiger partial charge in [-0.15, -0.1) is 0 Å². The molecule has 2 N–H and O–H groups in total. The van der Waals surface area contributed by atoms with Crippen molar-refractivity contribution in [1.82, 2.24) is 29.2 Å². The van der Waals surface area contributed by atoms with Gasteiger partial charge < -0.3 is 20.1 Å². The van der Waals surface area contributed by atoms with Gasteiger partial charge in [-0.1, -0.05) is 6.07 Å². The fourth-order valence-electron chi connectivity index (χ4n) is 3.88. The number of carboxylic acid groups (broad SMARTS) is 1. The highest BCUT2D eigenvalue weighted by atomic mass is 32.1. The maximum absolute atomic E-state index is 12.9. The SMILES string of the molecule is COc1cccc(C(=O)NC2CN(c3cc(C)c4c(=O)c(C(=O)O)cn(-c5ncns5)c4n3)C2)n1. The highest BCUT2D eigenvalue weighted by molar-refractivity contribution is 7.08. The number of aryl methyl sites for hydroxylation is 1. The fourth-order valence-corrected chi connectivity index (χ4v) is 4.39. The molecule has 178 valence electrons. The smallest absolute Gasteiger partial charge is 0.341 e. The van der Waals surface area contributed by atoms with Gasteiger partial charge in [0.15, 0.2) is 5.65 Å². The molecule has 0 spiro atoms. The third-order valence-corrected chi connectivity index (χ3v) is 6.30. The summed E-state index contributed by atoms with van der Waals surface area (Å²) in [6.07, 6.45) is 2.57. The number of pyridine rings is 3. The predicted octanol–water partition coefficient (Wildman–Crippen LogP) is 1.27. The molecule has 0 atom stereocenters. The number of nitrogens with one attached hydrogen (secondary N) is 1. The first-order valence-corrected chi connectivity index (χ1v) is 11.3. The molecule has 35 heavy (non-hydrogen) atoms. The normalized spacial score (nSPS) is 13.5. The van der Waals surface area contributed by atoms with Crippen LogP contribution in [-0.2, 0) is 0 Å². The zero-order chi connectivity index (χ0) is 24.7. The summed E-state index contributed by atoms with van der Waals surface area (Å²) in [6.45, 7) is 2.74. The number of methoxy groups -OCH3 is 1. The first-order chi connectivity index (χ1) is 16.9. The molecule has 1 saturated heterocycles. The summed E-state index contributed by atoms with van der Waals surface area (Å²) in [6, 6.07) is 6.59. The quantitative estimate of drug-likeness (QED) is 0.401. The van der Waals surface area contributed by atoms with Gasteiger partial charge in [0, 0.05) is 36.9 Å². The molecule has 1 fully saturated rings. The van der Waals surface area contributed by atoms with Gasteiger partial charge in [-0.05, 0) is 24.6 Å². The monoisotopic (exact) mass is 493 g/mol. The van der Waals surface area contributed by atoms with Crippen LogP contribution < -0.4 is 20.4 Å². The Labute approximate surface area is 202 Å². The van der Waals surface area contributed by atoms with Crippen LogP contribution in [0.1, 0.15) is 26.4 Å². The molecule has 0 radical (unpaired) electrons. The largest absolute Gasteiger partial charge is 0.481 e. The van der Waals surface area contributed by atoms with Gasteiger partial charge in [-0.25, -0.2) is 19.7 Å². The van der Waals surface area contributed by atoms with Gasteiger partial charge in [0.1, 0.15) is 23.4 Å². The second kappa shape index (κ2) is 8.76. The van der Waals surface area contributed by atoms with Crippen molar-refractivity contribution in [3.63, 3.8) is 0 Å². The Morgan fingerprint density at radius 1 is 1.26 bits per heavy atom. The minimum absolute atomic E-state index is 0.118. The lowest BCUT2D eigenvalue weighted by Gasteiger charge is -2.40. The van der Waals surface area contributed by atoms with E-state index in [0.717, 1.165) is 11.5 Å². The summed E-state index contributed by atoms with van der Waals surface area (Å²) < 4.78 is 10.5. The summed E-state index contributed by atoms with van der Waals surface area (Å²) in [5, 5.41) is 13.1. The third kappa shape index (κ3) is 4.05. The third-order valence-electron chi connectivity index (χ3n) is 5.63. The number of anilines is 1. The standard InChI is InChI=1S/C22H19N7O5S/c1-11-6-15(28-7-12(8-28)25-20(31)14-4-3-5-16(26-14)34-2)27-19-17(11)18(30)13(21(32)33)9-29(19)22-23-10-24-35-22/h3-6,9-10,12H,7-8H2,1-2H3,(H,25,31)(H,32,33). The number of hydrogen-bond donors (Lipinski definition) is 2. The fraction of sp³-hybridized carbons (Fsp3) is 0.227. The van der Waals surface area contributed by atoms with Crippen molar-refractivity contribution in [1.29, 1.82) is 0 Å². The number of carboxylic acids is 1. The first kappa shape index (κ1) is 22.4. The van der Waals surface area contributed by atoms with Gasteiger partial charge in [0.05, 0.1) is 18.5 Å². The van der Waals surface area contributed by atoms with Crippen LogP contribution in [0.3, 0.4) is 0 Å². The van der Waals surface area contributed by atoms with Crippen LogP contribution in [0.15, 0.2) is 41.6 Å². The van der Waals surface area contributed by atoms with E-state index in [9.17, 15) is 19.5 Å². The van der Waals surface area contributed by atoms with E-state index in [-0.39, 0.29) is 28.6 Å². The van der Waals surface area contributed by atoms with E-state index >= 15 is 0 Å². The van der Waals surface area contributed by atoms with E-state index in [0.29, 0.717) is 41.1 Å². The van der Waals surface area contributed by atoms with Crippen LogP contribution in [-0.4, -0.2) is 67.1 Å². The van der Waals surface area contributed by atoms with E-state index in [4.69, 9.17) is 4.74 Å². The maximum Gasteiger partial charge on any atom is 0.341 e. The number of fused-ring (bicyclic) bond motifs is 1. The van der Waals surface area contributed by atoms with Crippen LogP contribution in [0.2, 0.25) is 0 Å². The van der Waals surface area contributed by atoms with Crippen molar-refractivity contribution in [2.75, 3.05) is 25.1 Å². The summed E-state index contributed by atoms with van der Waals surface area (Å²) >= 11 is 1.06. The maximum atomic E-state index is 12.9. The molecule has 0 unspecified atom stereocenters. The highest BCUT2D eigenvalue weighted by Crippen LogP contribution is 2.26. The Balaban J connectivity index is 1.43. The van der Waals surface area contributed by atoms with Crippen LogP contribution in [0.4, 0.5) is 5.82 Å². The predicted molar refractivity (Wildman–Crippen MR) is 127 cm³/mol. The number of ether oxygens (including phenoxy) is 1. The molecule has 5 rings (SSSR count). The average molecular weight is 494 g/mol. The molecule has 4 aromatic heterocycles. The first-order valence-electron chi connectivity index (χ1n) is 10.5. The summed E-state index contributed by atoms with van der Waals surface area (Å²) in [5.74, 6) is -0.676. The van der Waals surface area contributed by atoms with Crippen LogP contribution in [0.5, 0.6) is 5.88 Å². The molecule has 5 heterocycles.